The van der Waals surface area contributed by atoms with Gasteiger partial charge in [0.05, 0.1) is 10.7 Å². The standard InChI is InChI=1S/C30H24ClFN2O3S2/c31-22-6-1-2-8-25(22)39-28-23(35)16-30(34-29(28)36,19-13-14-38-17-19)26-9-4-10-27(33-26)37-24-7-3-5-18-11-12-20(32)15-21(18)24/h1-2,4,6,8-15,17,24,35H,3,5,7,16H2,(H,34,36). The maximum absolute atomic E-state index is 14.0. The van der Waals surface area contributed by atoms with Gasteiger partial charge in [0.15, 0.2) is 0 Å². The van der Waals surface area contributed by atoms with Gasteiger partial charge in [-0.2, -0.15) is 11.3 Å². The van der Waals surface area contributed by atoms with Crippen molar-refractivity contribution in [2.24, 2.45) is 0 Å². The summed E-state index contributed by atoms with van der Waals surface area (Å²) in [6.45, 7) is 0. The second-order valence-electron chi connectivity index (χ2n) is 9.56. The third kappa shape index (κ3) is 5.04. The highest BCUT2D eigenvalue weighted by Crippen LogP contribution is 2.44. The zero-order valence-electron chi connectivity index (χ0n) is 20.7. The molecule has 0 bridgehead atoms. The first-order chi connectivity index (χ1) is 18.9. The number of benzene rings is 2. The van der Waals surface area contributed by atoms with Gasteiger partial charge in [0, 0.05) is 17.4 Å². The number of rotatable bonds is 6. The highest BCUT2D eigenvalue weighted by Gasteiger charge is 2.44. The smallest absolute Gasteiger partial charge is 0.262 e. The zero-order chi connectivity index (χ0) is 27.0. The maximum Gasteiger partial charge on any atom is 0.262 e. The van der Waals surface area contributed by atoms with Crippen molar-refractivity contribution in [2.75, 3.05) is 0 Å². The number of hydrogen-bond acceptors (Lipinski definition) is 6. The first kappa shape index (κ1) is 25.9. The Balaban J connectivity index is 1.35. The van der Waals surface area contributed by atoms with Crippen molar-refractivity contribution in [3.63, 3.8) is 0 Å². The molecule has 2 N–H and O–H groups in total. The van der Waals surface area contributed by atoms with Gasteiger partial charge in [-0.15, -0.1) is 0 Å². The maximum atomic E-state index is 14.0. The van der Waals surface area contributed by atoms with Crippen molar-refractivity contribution in [1.29, 1.82) is 0 Å². The number of carbonyl (C=O) groups excluding carboxylic acids is 1. The van der Waals surface area contributed by atoms with E-state index in [2.05, 4.69) is 5.32 Å². The van der Waals surface area contributed by atoms with Crippen LogP contribution in [-0.4, -0.2) is 16.0 Å². The third-order valence-corrected chi connectivity index (χ3v) is 9.41. The quantitative estimate of drug-likeness (QED) is 0.245. The number of carbonyl (C=O) groups is 1. The number of pyridine rings is 1. The fourth-order valence-electron chi connectivity index (χ4n) is 5.20. The summed E-state index contributed by atoms with van der Waals surface area (Å²) in [4.78, 5) is 19.2. The van der Waals surface area contributed by atoms with E-state index in [-0.39, 0.29) is 29.0 Å². The fraction of sp³-hybridized carbons (Fsp3) is 0.200. The Morgan fingerprint density at radius 3 is 2.82 bits per heavy atom. The van der Waals surface area contributed by atoms with E-state index in [4.69, 9.17) is 21.3 Å². The van der Waals surface area contributed by atoms with Gasteiger partial charge in [-0.25, -0.2) is 9.37 Å². The van der Waals surface area contributed by atoms with Gasteiger partial charge in [0.2, 0.25) is 5.88 Å². The van der Waals surface area contributed by atoms with E-state index in [1.54, 1.807) is 18.2 Å². The average Bonchev–Trinajstić information content (AvgIpc) is 3.48. The Morgan fingerprint density at radius 1 is 1.15 bits per heavy atom. The van der Waals surface area contributed by atoms with E-state index >= 15 is 0 Å². The summed E-state index contributed by atoms with van der Waals surface area (Å²) in [6.07, 6.45) is 2.35. The van der Waals surface area contributed by atoms with E-state index in [0.29, 0.717) is 21.5 Å². The number of nitrogens with one attached hydrogen (secondary N) is 1. The number of aliphatic hydroxyl groups is 1. The van der Waals surface area contributed by atoms with Crippen LogP contribution in [-0.2, 0) is 16.8 Å². The SMILES string of the molecule is O=C1NC(c2ccsc2)(c2cccc(OC3CCCc4ccc(F)cc43)n2)CC(O)=C1Sc1ccccc1Cl. The molecule has 1 aliphatic carbocycles. The first-order valence-electron chi connectivity index (χ1n) is 12.6. The fourth-order valence-corrected chi connectivity index (χ4v) is 7.04. The highest BCUT2D eigenvalue weighted by atomic mass is 35.5. The molecule has 1 amide bonds. The number of aliphatic hydroxyl groups excluding tert-OH is 1. The second-order valence-corrected chi connectivity index (χ2v) is 11.8. The number of halogens is 2. The molecule has 0 saturated carbocycles. The number of ether oxygens (including phenoxy) is 1. The van der Waals surface area contributed by atoms with Crippen LogP contribution in [0.25, 0.3) is 0 Å². The van der Waals surface area contributed by atoms with Gasteiger partial charge in [-0.1, -0.05) is 47.6 Å². The van der Waals surface area contributed by atoms with Crippen LogP contribution in [0.4, 0.5) is 4.39 Å². The summed E-state index contributed by atoms with van der Waals surface area (Å²) < 4.78 is 20.4. The van der Waals surface area contributed by atoms with Gasteiger partial charge in [0.25, 0.3) is 5.91 Å². The summed E-state index contributed by atoms with van der Waals surface area (Å²) >= 11 is 8.94. The zero-order valence-corrected chi connectivity index (χ0v) is 23.1. The van der Waals surface area contributed by atoms with Crippen molar-refractivity contribution >= 4 is 40.6 Å². The van der Waals surface area contributed by atoms with E-state index < -0.39 is 11.4 Å². The number of aryl methyl sites for hydroxylation is 1. The minimum atomic E-state index is -1.10. The molecule has 2 atom stereocenters. The van der Waals surface area contributed by atoms with Crippen LogP contribution in [0.1, 0.15) is 47.8 Å². The molecule has 39 heavy (non-hydrogen) atoms. The molecule has 0 fully saturated rings. The van der Waals surface area contributed by atoms with Crippen LogP contribution in [0, 0.1) is 5.82 Å². The number of hydrogen-bond donors (Lipinski definition) is 2. The molecule has 6 rings (SSSR count). The van der Waals surface area contributed by atoms with Gasteiger partial charge in [-0.05, 0) is 83.1 Å². The number of amides is 1. The van der Waals surface area contributed by atoms with Crippen molar-refractivity contribution in [3.05, 3.63) is 121 Å². The Labute approximate surface area is 238 Å². The summed E-state index contributed by atoms with van der Waals surface area (Å²) in [7, 11) is 0. The van der Waals surface area contributed by atoms with Gasteiger partial charge < -0.3 is 15.2 Å². The number of aromatic nitrogens is 1. The number of thiophene rings is 1. The molecule has 2 aromatic heterocycles. The molecule has 1 aliphatic heterocycles. The molecular weight excluding hydrogens is 555 g/mol. The molecular formula is C30H24ClFN2O3S2. The topological polar surface area (TPSA) is 71.5 Å². The molecule has 5 nitrogen and oxygen atoms in total. The molecule has 0 spiro atoms. The Kier molecular flexibility index (Phi) is 7.10. The van der Waals surface area contributed by atoms with Gasteiger partial charge in [0.1, 0.15) is 28.1 Å². The van der Waals surface area contributed by atoms with Crippen LogP contribution >= 0.6 is 34.7 Å². The molecule has 4 aromatic rings. The molecule has 0 radical (unpaired) electrons. The van der Waals surface area contributed by atoms with Crippen molar-refractivity contribution in [2.45, 2.75) is 42.2 Å². The molecule has 9 heteroatoms. The van der Waals surface area contributed by atoms with Gasteiger partial charge in [-0.3, -0.25) is 4.79 Å². The van der Waals surface area contributed by atoms with Crippen LogP contribution < -0.4 is 10.1 Å². The largest absolute Gasteiger partial charge is 0.511 e. The summed E-state index contributed by atoms with van der Waals surface area (Å²) in [5.74, 6) is -0.377. The summed E-state index contributed by atoms with van der Waals surface area (Å²) in [5.41, 5.74) is 2.17. The van der Waals surface area contributed by atoms with Gasteiger partial charge >= 0.3 is 0 Å². The van der Waals surface area contributed by atoms with Crippen molar-refractivity contribution < 1.29 is 19.0 Å². The Bertz CT molecular complexity index is 1580. The summed E-state index contributed by atoms with van der Waals surface area (Å²) in [5, 5.41) is 18.7. The third-order valence-electron chi connectivity index (χ3n) is 7.08. The second kappa shape index (κ2) is 10.7. The number of fused-ring (bicyclic) bond motifs is 1. The van der Waals surface area contributed by atoms with E-state index in [9.17, 15) is 14.3 Å². The molecule has 198 valence electrons. The molecule has 2 aliphatic rings. The lowest BCUT2D eigenvalue weighted by Gasteiger charge is -2.38. The minimum absolute atomic E-state index is 0.0420. The predicted molar refractivity (Wildman–Crippen MR) is 152 cm³/mol. The first-order valence-corrected chi connectivity index (χ1v) is 14.7. The minimum Gasteiger partial charge on any atom is -0.511 e. The lowest BCUT2D eigenvalue weighted by molar-refractivity contribution is -0.119. The van der Waals surface area contributed by atoms with Crippen LogP contribution in [0.3, 0.4) is 0 Å². The molecule has 3 heterocycles. The average molecular weight is 579 g/mol. The Hall–Kier alpha value is -3.33. The molecule has 2 unspecified atom stereocenters. The van der Waals surface area contributed by atoms with E-state index in [1.807, 2.05) is 47.2 Å². The number of nitrogens with zero attached hydrogens (tertiary/aromatic N) is 1. The number of thioether (sulfide) groups is 1. The predicted octanol–water partition coefficient (Wildman–Crippen LogP) is 7.72. The van der Waals surface area contributed by atoms with Crippen LogP contribution in [0.15, 0.2) is 93.0 Å². The lowest BCUT2D eigenvalue weighted by atomic mass is 9.82. The van der Waals surface area contributed by atoms with Crippen LogP contribution in [0.2, 0.25) is 5.02 Å². The normalized spacial score (nSPS) is 20.9. The highest BCUT2D eigenvalue weighted by molar-refractivity contribution is 8.04. The molecule has 2 aromatic carbocycles. The summed E-state index contributed by atoms with van der Waals surface area (Å²) in [6, 6.07) is 19.3. The van der Waals surface area contributed by atoms with E-state index in [0.717, 1.165) is 47.7 Å². The molecule has 0 saturated heterocycles. The van der Waals surface area contributed by atoms with Crippen molar-refractivity contribution in [3.8, 4) is 5.88 Å². The van der Waals surface area contributed by atoms with Crippen molar-refractivity contribution in [1.82, 2.24) is 10.3 Å². The monoisotopic (exact) mass is 578 g/mol. The Morgan fingerprint density at radius 2 is 2.03 bits per heavy atom. The van der Waals surface area contributed by atoms with E-state index in [1.165, 1.54) is 23.5 Å². The lowest BCUT2D eigenvalue weighted by Crippen LogP contribution is -2.50. The van der Waals surface area contributed by atoms with Crippen LogP contribution in [0.5, 0.6) is 5.88 Å².